The minimum Gasteiger partial charge on any atom is -0.516 e. The first-order valence-corrected chi connectivity index (χ1v) is 4.87. The van der Waals surface area contributed by atoms with Crippen molar-refractivity contribution < 1.29 is 5.11 Å². The number of rotatable bonds is 7. The van der Waals surface area contributed by atoms with Crippen LogP contribution in [0.4, 0.5) is 0 Å². The molecule has 0 aromatic carbocycles. The molecule has 0 atom stereocenters. The fraction of sp³-hybridized carbons (Fsp3) is 0.636. The maximum atomic E-state index is 8.31. The Labute approximate surface area is 75.8 Å². The zero-order valence-electron chi connectivity index (χ0n) is 8.00. The van der Waals surface area contributed by atoms with Gasteiger partial charge < -0.3 is 5.11 Å². The summed E-state index contributed by atoms with van der Waals surface area (Å²) in [7, 11) is 0. The second-order valence-corrected chi connectivity index (χ2v) is 2.97. The molecule has 0 aromatic heterocycles. The minimum absolute atomic E-state index is 1.06. The van der Waals surface area contributed by atoms with Crippen LogP contribution in [0.1, 0.15) is 45.4 Å². The van der Waals surface area contributed by atoms with E-state index < -0.39 is 0 Å². The molecule has 0 aliphatic carbocycles. The van der Waals surface area contributed by atoms with Crippen LogP contribution in [0.25, 0.3) is 0 Å². The van der Waals surface area contributed by atoms with Gasteiger partial charge in [0.05, 0.1) is 6.26 Å². The summed E-state index contributed by atoms with van der Waals surface area (Å²) in [6.07, 6.45) is 14.5. The number of hydrogen-bond donors (Lipinski definition) is 1. The third-order valence-corrected chi connectivity index (χ3v) is 1.81. The fourth-order valence-electron chi connectivity index (χ4n) is 1.09. The number of unbranched alkanes of at least 4 members (excludes halogenated alkanes) is 5. The molecule has 0 amide bonds. The second-order valence-electron chi connectivity index (χ2n) is 2.97. The SMILES string of the molecule is CCCCCCC/C=C\C=C/O. The molecule has 12 heavy (non-hydrogen) atoms. The molecule has 0 rings (SSSR count). The van der Waals surface area contributed by atoms with Crippen molar-refractivity contribution in [1.82, 2.24) is 0 Å². The molecular formula is C11H20O. The Morgan fingerprint density at radius 3 is 2.42 bits per heavy atom. The molecule has 0 heterocycles. The quantitative estimate of drug-likeness (QED) is 0.346. The lowest BCUT2D eigenvalue weighted by Gasteiger charge is -1.95. The molecule has 0 bridgehead atoms. The zero-order chi connectivity index (χ0) is 9.07. The van der Waals surface area contributed by atoms with E-state index in [1.54, 1.807) is 6.08 Å². The van der Waals surface area contributed by atoms with Gasteiger partial charge in [-0.3, -0.25) is 0 Å². The molecule has 1 N–H and O–H groups in total. The van der Waals surface area contributed by atoms with E-state index in [-0.39, 0.29) is 0 Å². The normalized spacial score (nSPS) is 11.8. The fourth-order valence-corrected chi connectivity index (χ4v) is 1.09. The summed E-state index contributed by atoms with van der Waals surface area (Å²) < 4.78 is 0. The zero-order valence-corrected chi connectivity index (χ0v) is 8.00. The van der Waals surface area contributed by atoms with Crippen LogP contribution in [0.3, 0.4) is 0 Å². The van der Waals surface area contributed by atoms with Gasteiger partial charge in [0, 0.05) is 0 Å². The molecular weight excluding hydrogens is 148 g/mol. The first kappa shape index (κ1) is 11.3. The molecule has 1 heteroatoms. The largest absolute Gasteiger partial charge is 0.516 e. The van der Waals surface area contributed by atoms with Gasteiger partial charge in [-0.25, -0.2) is 0 Å². The molecule has 1 nitrogen and oxygen atoms in total. The van der Waals surface area contributed by atoms with E-state index in [1.807, 2.05) is 6.08 Å². The van der Waals surface area contributed by atoms with Crippen LogP contribution >= 0.6 is 0 Å². The van der Waals surface area contributed by atoms with E-state index in [1.165, 1.54) is 32.1 Å². The van der Waals surface area contributed by atoms with Crippen LogP contribution in [0.5, 0.6) is 0 Å². The summed E-state index contributed by atoms with van der Waals surface area (Å²) in [5, 5.41) is 8.31. The summed E-state index contributed by atoms with van der Waals surface area (Å²) in [6.45, 7) is 2.23. The van der Waals surface area contributed by atoms with Crippen LogP contribution < -0.4 is 0 Å². The molecule has 0 aliphatic heterocycles. The number of allylic oxidation sites excluding steroid dienone is 3. The Morgan fingerprint density at radius 1 is 1.00 bits per heavy atom. The Bertz CT molecular complexity index is 125. The van der Waals surface area contributed by atoms with Crippen LogP contribution in [-0.2, 0) is 0 Å². The standard InChI is InChI=1S/C11H20O/c1-2-3-4-5-6-7-8-9-10-11-12/h8-12H,2-7H2,1H3/b9-8-,11-10-. The maximum Gasteiger partial charge on any atom is 0.0791 e. The third-order valence-electron chi connectivity index (χ3n) is 1.81. The van der Waals surface area contributed by atoms with Crippen molar-refractivity contribution >= 4 is 0 Å². The van der Waals surface area contributed by atoms with Crippen molar-refractivity contribution in [3.63, 3.8) is 0 Å². The molecule has 0 fully saturated rings. The third kappa shape index (κ3) is 9.28. The smallest absolute Gasteiger partial charge is 0.0791 e. The van der Waals surface area contributed by atoms with Gasteiger partial charge in [-0.15, -0.1) is 0 Å². The van der Waals surface area contributed by atoms with Crippen molar-refractivity contribution in [2.24, 2.45) is 0 Å². The molecule has 0 spiro atoms. The molecule has 0 saturated heterocycles. The Kier molecular flexibility index (Phi) is 9.66. The molecule has 0 saturated carbocycles. The van der Waals surface area contributed by atoms with Gasteiger partial charge in [0.1, 0.15) is 0 Å². The van der Waals surface area contributed by atoms with Crippen molar-refractivity contribution in [1.29, 1.82) is 0 Å². The number of aliphatic hydroxyl groups excluding tert-OH is 1. The van der Waals surface area contributed by atoms with Gasteiger partial charge in [0.25, 0.3) is 0 Å². The molecule has 70 valence electrons. The van der Waals surface area contributed by atoms with Crippen molar-refractivity contribution in [3.05, 3.63) is 24.5 Å². The highest BCUT2D eigenvalue weighted by atomic mass is 16.2. The summed E-state index contributed by atoms with van der Waals surface area (Å²) in [6, 6.07) is 0. The van der Waals surface area contributed by atoms with Gasteiger partial charge in [-0.2, -0.15) is 0 Å². The topological polar surface area (TPSA) is 20.2 Å². The van der Waals surface area contributed by atoms with Crippen molar-refractivity contribution in [2.45, 2.75) is 45.4 Å². The van der Waals surface area contributed by atoms with Gasteiger partial charge >= 0.3 is 0 Å². The van der Waals surface area contributed by atoms with Gasteiger partial charge in [0.2, 0.25) is 0 Å². The molecule has 0 aromatic rings. The van der Waals surface area contributed by atoms with Crippen LogP contribution in [0, 0.1) is 0 Å². The van der Waals surface area contributed by atoms with E-state index in [9.17, 15) is 0 Å². The lowest BCUT2D eigenvalue weighted by atomic mass is 10.1. The minimum atomic E-state index is 1.06. The highest BCUT2D eigenvalue weighted by Gasteiger charge is 1.85. The predicted molar refractivity (Wildman–Crippen MR) is 54.3 cm³/mol. The maximum absolute atomic E-state index is 8.31. The van der Waals surface area contributed by atoms with E-state index in [0.29, 0.717) is 0 Å². The summed E-state index contributed by atoms with van der Waals surface area (Å²) in [4.78, 5) is 0. The van der Waals surface area contributed by atoms with Gasteiger partial charge in [0.15, 0.2) is 0 Å². The Hall–Kier alpha value is -0.720. The molecule has 0 radical (unpaired) electrons. The predicted octanol–water partition coefficient (Wildman–Crippen LogP) is 3.97. The number of hydrogen-bond acceptors (Lipinski definition) is 1. The second kappa shape index (κ2) is 10.3. The summed E-state index contributed by atoms with van der Waals surface area (Å²) in [5.74, 6) is 0. The van der Waals surface area contributed by atoms with E-state index in [4.69, 9.17) is 5.11 Å². The highest BCUT2D eigenvalue weighted by molar-refractivity contribution is 4.98. The van der Waals surface area contributed by atoms with E-state index in [0.717, 1.165) is 12.7 Å². The summed E-state index contributed by atoms with van der Waals surface area (Å²) in [5.41, 5.74) is 0. The molecule has 0 unspecified atom stereocenters. The van der Waals surface area contributed by atoms with E-state index >= 15 is 0 Å². The number of aliphatic hydroxyl groups is 1. The van der Waals surface area contributed by atoms with E-state index in [2.05, 4.69) is 13.0 Å². The highest BCUT2D eigenvalue weighted by Crippen LogP contribution is 2.05. The molecule has 0 aliphatic rings. The van der Waals surface area contributed by atoms with Crippen LogP contribution in [0.15, 0.2) is 24.5 Å². The first-order valence-electron chi connectivity index (χ1n) is 4.87. The Morgan fingerprint density at radius 2 is 1.75 bits per heavy atom. The lowest BCUT2D eigenvalue weighted by Crippen LogP contribution is -1.75. The lowest BCUT2D eigenvalue weighted by molar-refractivity contribution is 0.473. The average molecular weight is 168 g/mol. The van der Waals surface area contributed by atoms with Crippen molar-refractivity contribution in [3.8, 4) is 0 Å². The average Bonchev–Trinajstić information content (AvgIpc) is 2.10. The first-order chi connectivity index (χ1) is 5.91. The van der Waals surface area contributed by atoms with Gasteiger partial charge in [-0.1, -0.05) is 44.8 Å². The van der Waals surface area contributed by atoms with Gasteiger partial charge in [-0.05, 0) is 18.9 Å². The summed E-state index contributed by atoms with van der Waals surface area (Å²) >= 11 is 0. The Balaban J connectivity index is 3.00. The van der Waals surface area contributed by atoms with Crippen LogP contribution in [-0.4, -0.2) is 5.11 Å². The monoisotopic (exact) mass is 168 g/mol. The van der Waals surface area contributed by atoms with Crippen LogP contribution in [0.2, 0.25) is 0 Å². The van der Waals surface area contributed by atoms with Crippen molar-refractivity contribution in [2.75, 3.05) is 0 Å².